The maximum absolute atomic E-state index is 4.71. The summed E-state index contributed by atoms with van der Waals surface area (Å²) < 4.78 is 1.68. The number of aryl methyl sites for hydroxylation is 1. The Bertz CT molecular complexity index is 929. The number of rotatable bonds is 2. The topological polar surface area (TPSA) is 56.0 Å². The van der Waals surface area contributed by atoms with Crippen molar-refractivity contribution in [1.29, 1.82) is 0 Å². The molecule has 0 radical (unpaired) electrons. The SMILES string of the molecule is Cc1nnc2nc(-c3ccccc3)c(-c3ccccc3)nn12. The monoisotopic (exact) mass is 287 g/mol. The summed E-state index contributed by atoms with van der Waals surface area (Å²) in [4.78, 5) is 4.67. The van der Waals surface area contributed by atoms with Crippen LogP contribution in [0.5, 0.6) is 0 Å². The van der Waals surface area contributed by atoms with Gasteiger partial charge in [0.05, 0.1) is 0 Å². The molecule has 0 unspecified atom stereocenters. The highest BCUT2D eigenvalue weighted by atomic mass is 15.4. The Balaban J connectivity index is 2.05. The van der Waals surface area contributed by atoms with Crippen LogP contribution in [-0.2, 0) is 0 Å². The van der Waals surface area contributed by atoms with Crippen LogP contribution < -0.4 is 0 Å². The van der Waals surface area contributed by atoms with Crippen LogP contribution in [0.3, 0.4) is 0 Å². The van der Waals surface area contributed by atoms with Gasteiger partial charge in [-0.3, -0.25) is 0 Å². The van der Waals surface area contributed by atoms with Crippen molar-refractivity contribution in [2.24, 2.45) is 0 Å². The summed E-state index contributed by atoms with van der Waals surface area (Å²) in [5.41, 5.74) is 3.66. The summed E-state index contributed by atoms with van der Waals surface area (Å²) in [7, 11) is 0. The molecule has 0 spiro atoms. The summed E-state index contributed by atoms with van der Waals surface area (Å²) in [5, 5.41) is 12.8. The zero-order chi connectivity index (χ0) is 14.9. The molecular formula is C17H13N5. The third kappa shape index (κ3) is 2.03. The average molecular weight is 287 g/mol. The van der Waals surface area contributed by atoms with Crippen LogP contribution >= 0.6 is 0 Å². The Morgan fingerprint density at radius 2 is 1.32 bits per heavy atom. The number of nitrogens with zero attached hydrogens (tertiary/aromatic N) is 5. The maximum Gasteiger partial charge on any atom is 0.272 e. The van der Waals surface area contributed by atoms with Gasteiger partial charge in [0, 0.05) is 11.1 Å². The fourth-order valence-corrected chi connectivity index (χ4v) is 2.42. The molecule has 2 aromatic heterocycles. The van der Waals surface area contributed by atoms with Crippen molar-refractivity contribution in [3.63, 3.8) is 0 Å². The minimum absolute atomic E-state index is 0.510. The highest BCUT2D eigenvalue weighted by Crippen LogP contribution is 2.28. The Hall–Kier alpha value is -3.08. The van der Waals surface area contributed by atoms with Crippen molar-refractivity contribution in [3.05, 3.63) is 66.5 Å². The summed E-state index contributed by atoms with van der Waals surface area (Å²) in [5.74, 6) is 1.23. The molecule has 2 heterocycles. The average Bonchev–Trinajstić information content (AvgIpc) is 2.96. The fraction of sp³-hybridized carbons (Fsp3) is 0.0588. The standard InChI is InChI=1S/C17H13N5/c1-12-19-20-17-18-15(13-8-4-2-5-9-13)16(21-22(12)17)14-10-6-3-7-11-14/h2-11H,1H3. The highest BCUT2D eigenvalue weighted by molar-refractivity contribution is 5.78. The largest absolute Gasteiger partial charge is 0.272 e. The van der Waals surface area contributed by atoms with E-state index in [1.807, 2.05) is 67.6 Å². The van der Waals surface area contributed by atoms with E-state index in [9.17, 15) is 0 Å². The van der Waals surface area contributed by atoms with Gasteiger partial charge in [0.2, 0.25) is 0 Å². The molecule has 0 aliphatic rings. The van der Waals surface area contributed by atoms with Gasteiger partial charge in [0.25, 0.3) is 5.78 Å². The van der Waals surface area contributed by atoms with Crippen LogP contribution in [0.1, 0.15) is 5.82 Å². The fourth-order valence-electron chi connectivity index (χ4n) is 2.42. The van der Waals surface area contributed by atoms with Gasteiger partial charge in [-0.2, -0.15) is 9.61 Å². The molecule has 0 atom stereocenters. The van der Waals surface area contributed by atoms with Gasteiger partial charge in [0.15, 0.2) is 5.82 Å². The minimum atomic E-state index is 0.510. The molecule has 0 bridgehead atoms. The first-order chi connectivity index (χ1) is 10.8. The lowest BCUT2D eigenvalue weighted by Gasteiger charge is -2.08. The van der Waals surface area contributed by atoms with E-state index in [0.717, 1.165) is 28.3 Å². The molecule has 0 fully saturated rings. The van der Waals surface area contributed by atoms with Gasteiger partial charge in [-0.15, -0.1) is 10.2 Å². The van der Waals surface area contributed by atoms with Crippen LogP contribution in [0.25, 0.3) is 28.3 Å². The molecule has 4 aromatic rings. The highest BCUT2D eigenvalue weighted by Gasteiger charge is 2.15. The van der Waals surface area contributed by atoms with Crippen molar-refractivity contribution < 1.29 is 0 Å². The Labute approximate surface area is 127 Å². The van der Waals surface area contributed by atoms with Gasteiger partial charge in [-0.05, 0) is 6.92 Å². The smallest absolute Gasteiger partial charge is 0.207 e. The molecule has 0 aliphatic carbocycles. The second-order valence-corrected chi connectivity index (χ2v) is 5.00. The predicted octanol–water partition coefficient (Wildman–Crippen LogP) is 3.16. The van der Waals surface area contributed by atoms with Crippen LogP contribution in [-0.4, -0.2) is 24.8 Å². The van der Waals surface area contributed by atoms with E-state index in [0.29, 0.717) is 5.78 Å². The zero-order valence-electron chi connectivity index (χ0n) is 12.0. The lowest BCUT2D eigenvalue weighted by molar-refractivity contribution is 0.865. The van der Waals surface area contributed by atoms with Gasteiger partial charge in [0.1, 0.15) is 11.4 Å². The lowest BCUT2D eigenvalue weighted by atomic mass is 10.0. The zero-order valence-corrected chi connectivity index (χ0v) is 12.0. The Kier molecular flexibility index (Phi) is 2.89. The first-order valence-electron chi connectivity index (χ1n) is 7.04. The summed E-state index contributed by atoms with van der Waals surface area (Å²) in [6.07, 6.45) is 0. The molecule has 4 rings (SSSR count). The predicted molar refractivity (Wildman–Crippen MR) is 84.2 cm³/mol. The van der Waals surface area contributed by atoms with Gasteiger partial charge >= 0.3 is 0 Å². The molecule has 0 amide bonds. The maximum atomic E-state index is 4.71. The number of fused-ring (bicyclic) bond motifs is 1. The summed E-state index contributed by atoms with van der Waals surface area (Å²) >= 11 is 0. The Morgan fingerprint density at radius 1 is 0.727 bits per heavy atom. The van der Waals surface area contributed by atoms with Crippen LogP contribution in [0.15, 0.2) is 60.7 Å². The quantitative estimate of drug-likeness (QED) is 0.568. The minimum Gasteiger partial charge on any atom is -0.207 e. The van der Waals surface area contributed by atoms with E-state index in [1.54, 1.807) is 4.52 Å². The van der Waals surface area contributed by atoms with E-state index in [-0.39, 0.29) is 0 Å². The lowest BCUT2D eigenvalue weighted by Crippen LogP contribution is -2.02. The van der Waals surface area contributed by atoms with Gasteiger partial charge in [-0.1, -0.05) is 60.7 Å². The van der Waals surface area contributed by atoms with Crippen molar-refractivity contribution in [2.45, 2.75) is 6.92 Å². The molecular weight excluding hydrogens is 274 g/mol. The van der Waals surface area contributed by atoms with Crippen molar-refractivity contribution >= 4 is 5.78 Å². The molecule has 5 heteroatoms. The molecule has 22 heavy (non-hydrogen) atoms. The number of hydrogen-bond donors (Lipinski definition) is 0. The van der Waals surface area contributed by atoms with E-state index < -0.39 is 0 Å². The first-order valence-corrected chi connectivity index (χ1v) is 7.04. The van der Waals surface area contributed by atoms with Gasteiger partial charge in [-0.25, -0.2) is 4.98 Å². The Morgan fingerprint density at radius 3 is 1.95 bits per heavy atom. The first kappa shape index (κ1) is 12.6. The molecule has 0 N–H and O–H groups in total. The van der Waals surface area contributed by atoms with Crippen molar-refractivity contribution in [1.82, 2.24) is 24.8 Å². The van der Waals surface area contributed by atoms with E-state index >= 15 is 0 Å². The normalized spacial score (nSPS) is 11.0. The van der Waals surface area contributed by atoms with Crippen LogP contribution in [0.4, 0.5) is 0 Å². The van der Waals surface area contributed by atoms with E-state index in [1.165, 1.54) is 0 Å². The van der Waals surface area contributed by atoms with E-state index in [2.05, 4.69) is 15.2 Å². The van der Waals surface area contributed by atoms with Crippen molar-refractivity contribution in [2.75, 3.05) is 0 Å². The van der Waals surface area contributed by atoms with Crippen LogP contribution in [0.2, 0.25) is 0 Å². The second-order valence-electron chi connectivity index (χ2n) is 5.00. The third-order valence-electron chi connectivity index (χ3n) is 3.51. The number of aromatic nitrogens is 5. The summed E-state index contributed by atoms with van der Waals surface area (Å²) in [6.45, 7) is 1.87. The van der Waals surface area contributed by atoms with E-state index in [4.69, 9.17) is 5.10 Å². The third-order valence-corrected chi connectivity index (χ3v) is 3.51. The molecule has 0 saturated carbocycles. The molecule has 106 valence electrons. The number of hydrogen-bond acceptors (Lipinski definition) is 4. The molecule has 0 aliphatic heterocycles. The van der Waals surface area contributed by atoms with Crippen molar-refractivity contribution in [3.8, 4) is 22.5 Å². The second kappa shape index (κ2) is 5.04. The summed E-state index contributed by atoms with van der Waals surface area (Å²) in [6, 6.07) is 20.1. The molecule has 2 aromatic carbocycles. The van der Waals surface area contributed by atoms with Crippen LogP contribution in [0, 0.1) is 6.92 Å². The molecule has 5 nitrogen and oxygen atoms in total. The number of benzene rings is 2. The molecule has 0 saturated heterocycles. The van der Waals surface area contributed by atoms with Gasteiger partial charge < -0.3 is 0 Å².